The normalized spacial score (nSPS) is 25.0. The first-order chi connectivity index (χ1) is 9.36. The van der Waals surface area contributed by atoms with Gasteiger partial charge in [-0.2, -0.15) is 23.5 Å². The highest BCUT2D eigenvalue weighted by Gasteiger charge is 2.27. The number of hydrazine groups is 1. The molecule has 1 heterocycles. The van der Waals surface area contributed by atoms with Crippen LogP contribution in [0.15, 0.2) is 24.3 Å². The number of thioether (sulfide) groups is 2. The van der Waals surface area contributed by atoms with Crippen LogP contribution >= 0.6 is 23.5 Å². The lowest BCUT2D eigenvalue weighted by molar-refractivity contribution is 0.302. The van der Waals surface area contributed by atoms with E-state index >= 15 is 0 Å². The first kappa shape index (κ1) is 13.6. The summed E-state index contributed by atoms with van der Waals surface area (Å²) >= 11 is 4.04. The maximum Gasteiger partial charge on any atom is 0.120 e. The molecule has 0 spiro atoms. The van der Waals surface area contributed by atoms with Gasteiger partial charge in [-0.25, -0.2) is 0 Å². The molecule has 0 aromatic heterocycles. The number of benzene rings is 1. The number of ether oxygens (including phenoxy) is 1. The van der Waals surface area contributed by atoms with Crippen LogP contribution in [0.2, 0.25) is 0 Å². The number of rotatable bonds is 5. The van der Waals surface area contributed by atoms with Gasteiger partial charge < -0.3 is 4.74 Å². The van der Waals surface area contributed by atoms with E-state index < -0.39 is 0 Å². The molecular formula is C14H20N2OS2. The summed E-state index contributed by atoms with van der Waals surface area (Å²) in [6, 6.07) is 8.60. The summed E-state index contributed by atoms with van der Waals surface area (Å²) < 4.78 is 5.87. The standard InChI is InChI=1S/C14H20N2OS2/c15-16-14(13-9-18-6-7-19-13)10-2-1-3-12(8-10)17-11-4-5-11/h1-3,8,11,13-14,16H,4-7,9,15H2. The SMILES string of the molecule is NNC(c1cccc(OC2CC2)c1)C1CSCCS1. The summed E-state index contributed by atoms with van der Waals surface area (Å²) in [5, 5.41) is 0.542. The Morgan fingerprint density at radius 1 is 1.32 bits per heavy atom. The van der Waals surface area contributed by atoms with Gasteiger partial charge in [0.05, 0.1) is 12.1 Å². The fourth-order valence-corrected chi connectivity index (χ4v) is 5.13. The van der Waals surface area contributed by atoms with E-state index in [4.69, 9.17) is 10.6 Å². The van der Waals surface area contributed by atoms with E-state index in [1.807, 2.05) is 29.6 Å². The van der Waals surface area contributed by atoms with Gasteiger partial charge in [0.15, 0.2) is 0 Å². The van der Waals surface area contributed by atoms with Gasteiger partial charge in [0, 0.05) is 22.5 Å². The molecule has 3 N–H and O–H groups in total. The third-order valence-electron chi connectivity index (χ3n) is 3.44. The Hall–Kier alpha value is -0.360. The average Bonchev–Trinajstić information content (AvgIpc) is 3.25. The minimum Gasteiger partial charge on any atom is -0.490 e. The molecule has 5 heteroatoms. The molecule has 1 aromatic rings. The van der Waals surface area contributed by atoms with E-state index in [0.717, 1.165) is 11.5 Å². The Bertz CT molecular complexity index is 420. The lowest BCUT2D eigenvalue weighted by Gasteiger charge is -2.29. The van der Waals surface area contributed by atoms with Crippen LogP contribution in [0, 0.1) is 0 Å². The summed E-state index contributed by atoms with van der Waals surface area (Å²) in [6.07, 6.45) is 2.83. The molecule has 2 aliphatic rings. The van der Waals surface area contributed by atoms with Crippen molar-refractivity contribution in [1.29, 1.82) is 0 Å². The van der Waals surface area contributed by atoms with Crippen molar-refractivity contribution < 1.29 is 4.74 Å². The van der Waals surface area contributed by atoms with Crippen molar-refractivity contribution >= 4 is 23.5 Å². The smallest absolute Gasteiger partial charge is 0.120 e. The topological polar surface area (TPSA) is 47.3 Å². The molecular weight excluding hydrogens is 276 g/mol. The molecule has 2 fully saturated rings. The van der Waals surface area contributed by atoms with E-state index in [-0.39, 0.29) is 6.04 Å². The van der Waals surface area contributed by atoms with Gasteiger partial charge in [0.1, 0.15) is 5.75 Å². The minimum absolute atomic E-state index is 0.209. The predicted octanol–water partition coefficient (Wildman–Crippen LogP) is 2.58. The van der Waals surface area contributed by atoms with Gasteiger partial charge in [-0.05, 0) is 30.5 Å². The second-order valence-corrected chi connectivity index (χ2v) is 7.52. The maximum atomic E-state index is 5.87. The van der Waals surface area contributed by atoms with Crippen LogP contribution in [0.4, 0.5) is 0 Å². The average molecular weight is 296 g/mol. The minimum atomic E-state index is 0.209. The highest BCUT2D eigenvalue weighted by Crippen LogP contribution is 2.35. The molecule has 2 atom stereocenters. The third-order valence-corrected chi connectivity index (χ3v) is 6.30. The van der Waals surface area contributed by atoms with E-state index in [2.05, 4.69) is 23.6 Å². The second-order valence-electron chi connectivity index (χ2n) is 5.02. The van der Waals surface area contributed by atoms with Crippen molar-refractivity contribution in [3.8, 4) is 5.75 Å². The van der Waals surface area contributed by atoms with Crippen molar-refractivity contribution in [2.75, 3.05) is 17.3 Å². The summed E-state index contributed by atoms with van der Waals surface area (Å²) in [6.45, 7) is 0. The summed E-state index contributed by atoms with van der Waals surface area (Å²) in [7, 11) is 0. The molecule has 104 valence electrons. The Morgan fingerprint density at radius 2 is 2.21 bits per heavy atom. The van der Waals surface area contributed by atoms with Crippen molar-refractivity contribution in [3.05, 3.63) is 29.8 Å². The highest BCUT2D eigenvalue weighted by atomic mass is 32.2. The van der Waals surface area contributed by atoms with E-state index in [1.54, 1.807) is 0 Å². The first-order valence-corrected chi connectivity index (χ1v) is 8.99. The van der Waals surface area contributed by atoms with Gasteiger partial charge in [-0.15, -0.1) is 0 Å². The van der Waals surface area contributed by atoms with Crippen molar-refractivity contribution in [2.45, 2.75) is 30.2 Å². The molecule has 0 bridgehead atoms. The molecule has 1 saturated heterocycles. The predicted molar refractivity (Wildman–Crippen MR) is 83.7 cm³/mol. The largest absolute Gasteiger partial charge is 0.490 e. The van der Waals surface area contributed by atoms with Gasteiger partial charge in [0.2, 0.25) is 0 Å². The van der Waals surface area contributed by atoms with Crippen LogP contribution in [0.3, 0.4) is 0 Å². The third kappa shape index (κ3) is 3.60. The van der Waals surface area contributed by atoms with Gasteiger partial charge in [0.25, 0.3) is 0 Å². The van der Waals surface area contributed by atoms with Crippen molar-refractivity contribution in [1.82, 2.24) is 5.43 Å². The van der Waals surface area contributed by atoms with Crippen LogP contribution < -0.4 is 16.0 Å². The monoisotopic (exact) mass is 296 g/mol. The number of nitrogens with one attached hydrogen (secondary N) is 1. The van der Waals surface area contributed by atoms with Crippen LogP contribution in [-0.2, 0) is 0 Å². The van der Waals surface area contributed by atoms with Crippen LogP contribution in [0.5, 0.6) is 5.75 Å². The van der Waals surface area contributed by atoms with Crippen LogP contribution in [0.25, 0.3) is 0 Å². The van der Waals surface area contributed by atoms with Crippen LogP contribution in [-0.4, -0.2) is 28.6 Å². The van der Waals surface area contributed by atoms with Crippen molar-refractivity contribution in [2.24, 2.45) is 5.84 Å². The second kappa shape index (κ2) is 6.39. The Morgan fingerprint density at radius 3 is 2.89 bits per heavy atom. The molecule has 1 aliphatic carbocycles. The Balaban J connectivity index is 1.73. The Kier molecular flexibility index (Phi) is 4.58. The van der Waals surface area contributed by atoms with Gasteiger partial charge in [-0.3, -0.25) is 11.3 Å². The number of hydrogen-bond donors (Lipinski definition) is 2. The van der Waals surface area contributed by atoms with E-state index in [9.17, 15) is 0 Å². The molecule has 3 nitrogen and oxygen atoms in total. The fraction of sp³-hybridized carbons (Fsp3) is 0.571. The molecule has 1 saturated carbocycles. The Labute approximate surface area is 123 Å². The lowest BCUT2D eigenvalue weighted by atomic mass is 10.0. The molecule has 1 aliphatic heterocycles. The maximum absolute atomic E-state index is 5.87. The number of nitrogens with two attached hydrogens (primary N) is 1. The van der Waals surface area contributed by atoms with E-state index in [1.165, 1.54) is 29.9 Å². The highest BCUT2D eigenvalue weighted by molar-refractivity contribution is 8.06. The lowest BCUT2D eigenvalue weighted by Crippen LogP contribution is -2.37. The summed E-state index contributed by atoms with van der Waals surface area (Å²) in [5.74, 6) is 10.4. The molecule has 3 rings (SSSR count). The molecule has 2 unspecified atom stereocenters. The number of hydrogen-bond acceptors (Lipinski definition) is 5. The zero-order valence-corrected chi connectivity index (χ0v) is 12.5. The van der Waals surface area contributed by atoms with Crippen LogP contribution in [0.1, 0.15) is 24.4 Å². The summed E-state index contributed by atoms with van der Waals surface area (Å²) in [5.41, 5.74) is 4.23. The van der Waals surface area contributed by atoms with Gasteiger partial charge in [-0.1, -0.05) is 12.1 Å². The zero-order valence-electron chi connectivity index (χ0n) is 10.9. The summed E-state index contributed by atoms with van der Waals surface area (Å²) in [4.78, 5) is 0. The molecule has 0 radical (unpaired) electrons. The zero-order chi connectivity index (χ0) is 13.1. The molecule has 0 amide bonds. The van der Waals surface area contributed by atoms with Gasteiger partial charge >= 0.3 is 0 Å². The quantitative estimate of drug-likeness (QED) is 0.646. The molecule has 1 aromatic carbocycles. The van der Waals surface area contributed by atoms with E-state index in [0.29, 0.717) is 11.4 Å². The first-order valence-electron chi connectivity index (χ1n) is 6.79. The molecule has 19 heavy (non-hydrogen) atoms. The van der Waals surface area contributed by atoms with Crippen molar-refractivity contribution in [3.63, 3.8) is 0 Å². The fourth-order valence-electron chi connectivity index (χ4n) is 2.28.